The summed E-state index contributed by atoms with van der Waals surface area (Å²) in [6.45, 7) is 5.06. The summed E-state index contributed by atoms with van der Waals surface area (Å²) in [6, 6.07) is -0.280. The molecule has 1 aromatic carbocycles. The number of nitrogens with zero attached hydrogens (tertiary/aromatic N) is 1. The van der Waals surface area contributed by atoms with Crippen LogP contribution in [0.15, 0.2) is 41.7 Å². The summed E-state index contributed by atoms with van der Waals surface area (Å²) in [4.78, 5) is 22.7. The number of hydrogen-bond acceptors (Lipinski definition) is 3. The Hall–Kier alpha value is -3.10. The Labute approximate surface area is 129 Å². The van der Waals surface area contributed by atoms with Crippen molar-refractivity contribution in [2.75, 3.05) is 5.32 Å². The third kappa shape index (κ3) is 6.04. The average molecular weight is 326 g/mol. The molecule has 1 rings (SSSR count). The zero-order valence-corrected chi connectivity index (χ0v) is 12.0. The molecule has 3 amide bonds. The molecule has 0 saturated heterocycles. The quantitative estimate of drug-likeness (QED) is 0.336. The fourth-order valence-corrected chi connectivity index (χ4v) is 1.36. The minimum absolute atomic E-state index is 0.288. The summed E-state index contributed by atoms with van der Waals surface area (Å²) in [5.74, 6) is -4.49. The minimum Gasteiger partial charge on any atom is -0.325 e. The van der Waals surface area contributed by atoms with Gasteiger partial charge in [0.2, 0.25) is 0 Å². The fraction of sp³-hybridized carbons (Fsp3) is 0.0714. The maximum atomic E-state index is 13.3. The first-order valence-electron chi connectivity index (χ1n) is 6.18. The zero-order valence-electron chi connectivity index (χ0n) is 12.0. The average Bonchev–Trinajstić information content (AvgIpc) is 2.44. The summed E-state index contributed by atoms with van der Waals surface area (Å²) in [7, 11) is 0. The number of carbonyl (C=O) groups excluding carboxylic acids is 2. The molecule has 1 aromatic rings. The Morgan fingerprint density at radius 1 is 1.17 bits per heavy atom. The molecule has 0 atom stereocenters. The van der Waals surface area contributed by atoms with Crippen LogP contribution in [0, 0.1) is 17.5 Å². The number of anilines is 1. The second-order valence-electron chi connectivity index (χ2n) is 4.14. The summed E-state index contributed by atoms with van der Waals surface area (Å²) in [5, 5.41) is 7.62. The SMILES string of the molecule is C=C/C=C(\C)NC(=O)/C=N/NC(=O)Nc1cc(F)c(F)cc1F. The van der Waals surface area contributed by atoms with Gasteiger partial charge in [0.25, 0.3) is 5.91 Å². The fourth-order valence-electron chi connectivity index (χ4n) is 1.36. The van der Waals surface area contributed by atoms with Crippen LogP contribution in [0.4, 0.5) is 23.7 Å². The molecular weight excluding hydrogens is 313 g/mol. The lowest BCUT2D eigenvalue weighted by atomic mass is 10.3. The van der Waals surface area contributed by atoms with Crippen molar-refractivity contribution in [3.05, 3.63) is 54.0 Å². The summed E-state index contributed by atoms with van der Waals surface area (Å²) in [5.41, 5.74) is 1.79. The Balaban J connectivity index is 2.56. The molecule has 0 aliphatic heterocycles. The number of carbonyl (C=O) groups is 2. The van der Waals surface area contributed by atoms with Gasteiger partial charge in [0.05, 0.1) is 5.69 Å². The standard InChI is InChI=1S/C14H13F3N4O2/c1-3-4-8(2)19-13(22)7-18-21-14(23)20-12-6-10(16)9(15)5-11(12)17/h3-7H,1H2,2H3,(H,19,22)(H2,20,21,23)/b8-4+,18-7+. The predicted molar refractivity (Wildman–Crippen MR) is 79.1 cm³/mol. The number of hydrazone groups is 1. The largest absolute Gasteiger partial charge is 0.339 e. The third-order valence-electron chi connectivity index (χ3n) is 2.29. The molecule has 0 saturated carbocycles. The number of rotatable bonds is 5. The molecule has 23 heavy (non-hydrogen) atoms. The molecule has 0 aromatic heterocycles. The van der Waals surface area contributed by atoms with Crippen LogP contribution in [0.25, 0.3) is 0 Å². The summed E-state index contributed by atoms with van der Waals surface area (Å²) in [6.07, 6.45) is 3.77. The first kappa shape index (κ1) is 18.0. The molecule has 0 unspecified atom stereocenters. The van der Waals surface area contributed by atoms with E-state index in [0.717, 1.165) is 6.21 Å². The van der Waals surface area contributed by atoms with Crippen molar-refractivity contribution in [2.24, 2.45) is 5.10 Å². The minimum atomic E-state index is -1.38. The van der Waals surface area contributed by atoms with Gasteiger partial charge in [0, 0.05) is 17.8 Å². The van der Waals surface area contributed by atoms with Gasteiger partial charge >= 0.3 is 6.03 Å². The van der Waals surface area contributed by atoms with Gasteiger partial charge in [0.1, 0.15) is 12.0 Å². The molecular formula is C14H13F3N4O2. The lowest BCUT2D eigenvalue weighted by Gasteiger charge is -2.06. The van der Waals surface area contributed by atoms with E-state index < -0.39 is 35.1 Å². The van der Waals surface area contributed by atoms with Gasteiger partial charge < -0.3 is 10.6 Å². The van der Waals surface area contributed by atoms with Crippen LogP contribution in [-0.2, 0) is 4.79 Å². The van der Waals surface area contributed by atoms with Crippen LogP contribution >= 0.6 is 0 Å². The van der Waals surface area contributed by atoms with Gasteiger partial charge in [-0.05, 0) is 13.0 Å². The molecule has 0 aliphatic rings. The lowest BCUT2D eigenvalue weighted by molar-refractivity contribution is -0.113. The summed E-state index contributed by atoms with van der Waals surface area (Å²) >= 11 is 0. The van der Waals surface area contributed by atoms with Crippen molar-refractivity contribution in [1.29, 1.82) is 0 Å². The van der Waals surface area contributed by atoms with Crippen LogP contribution in [0.5, 0.6) is 0 Å². The van der Waals surface area contributed by atoms with Gasteiger partial charge in [-0.1, -0.05) is 12.7 Å². The van der Waals surface area contributed by atoms with Crippen molar-refractivity contribution >= 4 is 23.8 Å². The van der Waals surface area contributed by atoms with Gasteiger partial charge in [-0.2, -0.15) is 5.10 Å². The normalized spacial score (nSPS) is 11.2. The summed E-state index contributed by atoms with van der Waals surface area (Å²) < 4.78 is 39.0. The highest BCUT2D eigenvalue weighted by Crippen LogP contribution is 2.18. The molecule has 0 heterocycles. The molecule has 9 heteroatoms. The number of nitrogens with one attached hydrogen (secondary N) is 3. The second kappa shape index (κ2) is 8.37. The Bertz CT molecular complexity index is 687. The number of urea groups is 1. The third-order valence-corrected chi connectivity index (χ3v) is 2.29. The van der Waals surface area contributed by atoms with Crippen molar-refractivity contribution < 1.29 is 22.8 Å². The van der Waals surface area contributed by atoms with Gasteiger partial charge in [0.15, 0.2) is 11.6 Å². The van der Waals surface area contributed by atoms with Crippen molar-refractivity contribution in [3.8, 4) is 0 Å². The monoisotopic (exact) mass is 326 g/mol. The highest BCUT2D eigenvalue weighted by molar-refractivity contribution is 6.26. The van der Waals surface area contributed by atoms with Gasteiger partial charge in [-0.15, -0.1) is 0 Å². The van der Waals surface area contributed by atoms with Crippen LogP contribution in [0.2, 0.25) is 0 Å². The Morgan fingerprint density at radius 2 is 1.83 bits per heavy atom. The smallest absolute Gasteiger partial charge is 0.325 e. The second-order valence-corrected chi connectivity index (χ2v) is 4.14. The molecule has 0 aliphatic carbocycles. The maximum absolute atomic E-state index is 13.3. The number of halogens is 3. The van der Waals surface area contributed by atoms with Crippen molar-refractivity contribution in [1.82, 2.24) is 10.7 Å². The van der Waals surface area contributed by atoms with Crippen LogP contribution in [0.3, 0.4) is 0 Å². The van der Waals surface area contributed by atoms with E-state index in [2.05, 4.69) is 17.0 Å². The zero-order chi connectivity index (χ0) is 17.4. The maximum Gasteiger partial charge on any atom is 0.339 e. The number of amides is 3. The van der Waals surface area contributed by atoms with Gasteiger partial charge in [-0.25, -0.2) is 23.4 Å². The molecule has 6 nitrogen and oxygen atoms in total. The highest BCUT2D eigenvalue weighted by Gasteiger charge is 2.11. The molecule has 3 N–H and O–H groups in total. The van der Waals surface area contributed by atoms with Crippen LogP contribution < -0.4 is 16.1 Å². The molecule has 0 spiro atoms. The van der Waals surface area contributed by atoms with Crippen molar-refractivity contribution in [3.63, 3.8) is 0 Å². The van der Waals surface area contributed by atoms with E-state index >= 15 is 0 Å². The molecule has 122 valence electrons. The number of hydrogen-bond donors (Lipinski definition) is 3. The van der Waals surface area contributed by atoms with Crippen LogP contribution in [0.1, 0.15) is 6.92 Å². The van der Waals surface area contributed by atoms with E-state index in [-0.39, 0.29) is 6.07 Å². The van der Waals surface area contributed by atoms with Crippen molar-refractivity contribution in [2.45, 2.75) is 6.92 Å². The van der Waals surface area contributed by atoms with E-state index in [9.17, 15) is 22.8 Å². The first-order chi connectivity index (χ1) is 10.8. The van der Waals surface area contributed by atoms with E-state index in [1.165, 1.54) is 12.2 Å². The Kier molecular flexibility index (Phi) is 6.53. The van der Waals surface area contributed by atoms with E-state index in [4.69, 9.17) is 0 Å². The topological polar surface area (TPSA) is 82.6 Å². The van der Waals surface area contributed by atoms with Crippen LogP contribution in [-0.4, -0.2) is 18.2 Å². The predicted octanol–water partition coefficient (Wildman–Crippen LogP) is 2.42. The molecule has 0 radical (unpaired) electrons. The Morgan fingerprint density at radius 3 is 2.48 bits per heavy atom. The van der Waals surface area contributed by atoms with Gasteiger partial charge in [-0.3, -0.25) is 4.79 Å². The number of benzene rings is 1. The highest BCUT2D eigenvalue weighted by atomic mass is 19.2. The van der Waals surface area contributed by atoms with E-state index in [1.807, 2.05) is 10.7 Å². The molecule has 0 bridgehead atoms. The number of allylic oxidation sites excluding steroid dienone is 3. The van der Waals surface area contributed by atoms with E-state index in [1.54, 1.807) is 6.92 Å². The lowest BCUT2D eigenvalue weighted by Crippen LogP contribution is -2.27. The first-order valence-corrected chi connectivity index (χ1v) is 6.18. The molecule has 0 fully saturated rings. The van der Waals surface area contributed by atoms with E-state index in [0.29, 0.717) is 11.8 Å².